The van der Waals surface area contributed by atoms with Gasteiger partial charge in [-0.2, -0.15) is 0 Å². The minimum Gasteiger partial charge on any atom is -0.496 e. The number of nitrogens with zero attached hydrogens (tertiary/aromatic N) is 1. The summed E-state index contributed by atoms with van der Waals surface area (Å²) in [6.45, 7) is 3.88. The molecule has 4 heteroatoms. The number of hydrogen-bond donors (Lipinski definition) is 1. The number of hydrogen-bond acceptors (Lipinski definition) is 3. The minimum atomic E-state index is 0.176. The lowest BCUT2D eigenvalue weighted by atomic mass is 10.2. The Hall–Kier alpha value is -1.55. The SMILES string of the molecule is CCNCC(=O)N(Cc1ccccc1OC)C1CC1. The van der Waals surface area contributed by atoms with E-state index in [1.165, 1.54) is 0 Å². The number of carbonyl (C=O) groups excluding carboxylic acids is 1. The van der Waals surface area contributed by atoms with Crippen molar-refractivity contribution < 1.29 is 9.53 Å². The Bertz CT molecular complexity index is 430. The van der Waals surface area contributed by atoms with Crippen LogP contribution in [0.5, 0.6) is 5.75 Å². The van der Waals surface area contributed by atoms with E-state index >= 15 is 0 Å². The number of carbonyl (C=O) groups is 1. The maximum absolute atomic E-state index is 12.2. The number of methoxy groups -OCH3 is 1. The number of amides is 1. The first-order valence-electron chi connectivity index (χ1n) is 6.88. The van der Waals surface area contributed by atoms with Gasteiger partial charge in [-0.25, -0.2) is 0 Å². The zero-order valence-corrected chi connectivity index (χ0v) is 11.7. The van der Waals surface area contributed by atoms with Crippen molar-refractivity contribution in [2.24, 2.45) is 0 Å². The molecule has 1 N–H and O–H groups in total. The van der Waals surface area contributed by atoms with Crippen LogP contribution in [0.25, 0.3) is 0 Å². The summed E-state index contributed by atoms with van der Waals surface area (Å²) in [5, 5.41) is 3.10. The molecule has 0 atom stereocenters. The molecule has 0 aromatic heterocycles. The fraction of sp³-hybridized carbons (Fsp3) is 0.533. The fourth-order valence-corrected chi connectivity index (χ4v) is 2.16. The largest absolute Gasteiger partial charge is 0.496 e. The standard InChI is InChI=1S/C15H22N2O2/c1-3-16-10-15(18)17(13-8-9-13)11-12-6-4-5-7-14(12)19-2/h4-7,13,16H,3,8-11H2,1-2H3. The van der Waals surface area contributed by atoms with E-state index in [1.54, 1.807) is 7.11 Å². The van der Waals surface area contributed by atoms with Crippen LogP contribution in [0.4, 0.5) is 0 Å². The molecule has 0 saturated heterocycles. The molecule has 1 fully saturated rings. The summed E-state index contributed by atoms with van der Waals surface area (Å²) < 4.78 is 5.35. The quantitative estimate of drug-likeness (QED) is 0.814. The summed E-state index contributed by atoms with van der Waals surface area (Å²) in [5.41, 5.74) is 1.07. The lowest BCUT2D eigenvalue weighted by molar-refractivity contribution is -0.131. The lowest BCUT2D eigenvalue weighted by Crippen LogP contribution is -2.39. The number of ether oxygens (including phenoxy) is 1. The van der Waals surface area contributed by atoms with Gasteiger partial charge in [-0.05, 0) is 25.5 Å². The van der Waals surface area contributed by atoms with Gasteiger partial charge in [-0.1, -0.05) is 25.1 Å². The average molecular weight is 262 g/mol. The van der Waals surface area contributed by atoms with Crippen molar-refractivity contribution in [3.63, 3.8) is 0 Å². The van der Waals surface area contributed by atoms with Crippen molar-refractivity contribution in [3.8, 4) is 5.75 Å². The number of benzene rings is 1. The molecule has 0 bridgehead atoms. The van der Waals surface area contributed by atoms with Crippen LogP contribution in [-0.2, 0) is 11.3 Å². The van der Waals surface area contributed by atoms with E-state index in [-0.39, 0.29) is 5.91 Å². The summed E-state index contributed by atoms with van der Waals surface area (Å²) in [5.74, 6) is 1.03. The third-order valence-electron chi connectivity index (χ3n) is 3.37. The molecule has 0 spiro atoms. The smallest absolute Gasteiger partial charge is 0.237 e. The van der Waals surface area contributed by atoms with E-state index in [0.29, 0.717) is 19.1 Å². The van der Waals surface area contributed by atoms with Gasteiger partial charge in [0.05, 0.1) is 13.7 Å². The number of likely N-dealkylation sites (N-methyl/N-ethyl adjacent to an activating group) is 1. The highest BCUT2D eigenvalue weighted by atomic mass is 16.5. The molecule has 19 heavy (non-hydrogen) atoms. The molecule has 0 unspecified atom stereocenters. The van der Waals surface area contributed by atoms with Crippen LogP contribution in [0.2, 0.25) is 0 Å². The first kappa shape index (κ1) is 13.9. The zero-order valence-electron chi connectivity index (χ0n) is 11.7. The normalized spacial score (nSPS) is 14.2. The molecule has 0 radical (unpaired) electrons. The molecular weight excluding hydrogens is 240 g/mol. The molecule has 1 saturated carbocycles. The highest BCUT2D eigenvalue weighted by Gasteiger charge is 2.32. The molecule has 1 aromatic carbocycles. The molecule has 1 aliphatic rings. The molecular formula is C15H22N2O2. The van der Waals surface area contributed by atoms with Crippen LogP contribution >= 0.6 is 0 Å². The molecule has 2 rings (SSSR count). The summed E-state index contributed by atoms with van der Waals surface area (Å²) in [7, 11) is 1.67. The molecule has 1 aromatic rings. The van der Waals surface area contributed by atoms with E-state index in [0.717, 1.165) is 30.7 Å². The van der Waals surface area contributed by atoms with Crippen LogP contribution in [0.1, 0.15) is 25.3 Å². The Morgan fingerprint density at radius 1 is 1.42 bits per heavy atom. The second kappa shape index (κ2) is 6.57. The van der Waals surface area contributed by atoms with Gasteiger partial charge in [-0.3, -0.25) is 4.79 Å². The predicted molar refractivity (Wildman–Crippen MR) is 75.1 cm³/mol. The topological polar surface area (TPSA) is 41.6 Å². The third-order valence-corrected chi connectivity index (χ3v) is 3.37. The number of nitrogens with one attached hydrogen (secondary N) is 1. The van der Waals surface area contributed by atoms with Gasteiger partial charge >= 0.3 is 0 Å². The van der Waals surface area contributed by atoms with Gasteiger partial charge in [-0.15, -0.1) is 0 Å². The Morgan fingerprint density at radius 3 is 2.79 bits per heavy atom. The van der Waals surface area contributed by atoms with Crippen LogP contribution in [-0.4, -0.2) is 37.0 Å². The molecule has 1 aliphatic carbocycles. The van der Waals surface area contributed by atoms with Gasteiger partial charge in [0.1, 0.15) is 5.75 Å². The van der Waals surface area contributed by atoms with Crippen LogP contribution < -0.4 is 10.1 Å². The van der Waals surface area contributed by atoms with Crippen LogP contribution in [0.15, 0.2) is 24.3 Å². The summed E-state index contributed by atoms with van der Waals surface area (Å²) in [4.78, 5) is 14.2. The maximum Gasteiger partial charge on any atom is 0.237 e. The summed E-state index contributed by atoms with van der Waals surface area (Å²) >= 11 is 0. The van der Waals surface area contributed by atoms with Gasteiger partial charge in [0.15, 0.2) is 0 Å². The second-order valence-electron chi connectivity index (χ2n) is 4.84. The summed E-state index contributed by atoms with van der Waals surface area (Å²) in [6.07, 6.45) is 2.24. The Morgan fingerprint density at radius 2 is 2.16 bits per heavy atom. The number of para-hydroxylation sites is 1. The van der Waals surface area contributed by atoms with E-state index in [4.69, 9.17) is 4.74 Å². The second-order valence-corrected chi connectivity index (χ2v) is 4.84. The highest BCUT2D eigenvalue weighted by molar-refractivity contribution is 5.79. The monoisotopic (exact) mass is 262 g/mol. The fourth-order valence-electron chi connectivity index (χ4n) is 2.16. The molecule has 104 valence electrons. The highest BCUT2D eigenvalue weighted by Crippen LogP contribution is 2.30. The molecule has 0 heterocycles. The Labute approximate surface area is 114 Å². The lowest BCUT2D eigenvalue weighted by Gasteiger charge is -2.23. The van der Waals surface area contributed by atoms with Crippen molar-refractivity contribution in [1.82, 2.24) is 10.2 Å². The van der Waals surface area contributed by atoms with Gasteiger partial charge in [0.2, 0.25) is 5.91 Å². The minimum absolute atomic E-state index is 0.176. The van der Waals surface area contributed by atoms with Crippen LogP contribution in [0.3, 0.4) is 0 Å². The Kier molecular flexibility index (Phi) is 4.80. The molecule has 0 aliphatic heterocycles. The zero-order chi connectivity index (χ0) is 13.7. The predicted octanol–water partition coefficient (Wildman–Crippen LogP) is 1.80. The first-order chi connectivity index (χ1) is 9.26. The third kappa shape index (κ3) is 3.70. The van der Waals surface area contributed by atoms with Crippen molar-refractivity contribution in [3.05, 3.63) is 29.8 Å². The molecule has 4 nitrogen and oxygen atoms in total. The van der Waals surface area contributed by atoms with E-state index in [1.807, 2.05) is 36.1 Å². The Balaban J connectivity index is 2.06. The maximum atomic E-state index is 12.2. The van der Waals surface area contributed by atoms with E-state index in [9.17, 15) is 4.79 Å². The van der Waals surface area contributed by atoms with Crippen LogP contribution in [0, 0.1) is 0 Å². The van der Waals surface area contributed by atoms with Crippen molar-refractivity contribution >= 4 is 5.91 Å². The average Bonchev–Trinajstić information content (AvgIpc) is 3.27. The molecule has 1 amide bonds. The van der Waals surface area contributed by atoms with Gasteiger partial charge in [0, 0.05) is 18.2 Å². The van der Waals surface area contributed by atoms with E-state index in [2.05, 4.69) is 5.32 Å². The number of rotatable bonds is 7. The van der Waals surface area contributed by atoms with E-state index < -0.39 is 0 Å². The van der Waals surface area contributed by atoms with Crippen molar-refractivity contribution in [2.75, 3.05) is 20.2 Å². The van der Waals surface area contributed by atoms with Crippen molar-refractivity contribution in [1.29, 1.82) is 0 Å². The van der Waals surface area contributed by atoms with Gasteiger partial charge < -0.3 is 15.0 Å². The first-order valence-corrected chi connectivity index (χ1v) is 6.88. The summed E-state index contributed by atoms with van der Waals surface area (Å²) in [6, 6.07) is 8.31. The van der Waals surface area contributed by atoms with Gasteiger partial charge in [0.25, 0.3) is 0 Å². The van der Waals surface area contributed by atoms with Crippen molar-refractivity contribution in [2.45, 2.75) is 32.4 Å².